The van der Waals surface area contributed by atoms with Gasteiger partial charge < -0.3 is 20.1 Å². The second-order valence-electron chi connectivity index (χ2n) is 5.34. The molecule has 0 radical (unpaired) electrons. The molecule has 1 rings (SSSR count). The van der Waals surface area contributed by atoms with Crippen molar-refractivity contribution in [2.75, 3.05) is 13.7 Å². The van der Waals surface area contributed by atoms with E-state index in [1.807, 2.05) is 13.8 Å². The van der Waals surface area contributed by atoms with Crippen LogP contribution in [0.3, 0.4) is 0 Å². The Kier molecular flexibility index (Phi) is 5.79. The lowest BCUT2D eigenvalue weighted by Gasteiger charge is -2.25. The summed E-state index contributed by atoms with van der Waals surface area (Å²) >= 11 is 0. The van der Waals surface area contributed by atoms with E-state index in [0.29, 0.717) is 25.8 Å². The van der Waals surface area contributed by atoms with E-state index in [-0.39, 0.29) is 5.92 Å². The number of hydrogen-bond acceptors (Lipinski definition) is 4. The van der Waals surface area contributed by atoms with E-state index < -0.39 is 30.1 Å². The van der Waals surface area contributed by atoms with Gasteiger partial charge in [-0.05, 0) is 25.2 Å². The van der Waals surface area contributed by atoms with Gasteiger partial charge in [-0.25, -0.2) is 14.4 Å². The van der Waals surface area contributed by atoms with E-state index in [2.05, 4.69) is 10.1 Å². The maximum atomic E-state index is 12.1. The zero-order chi connectivity index (χ0) is 15.3. The van der Waals surface area contributed by atoms with Gasteiger partial charge in [0.15, 0.2) is 0 Å². The van der Waals surface area contributed by atoms with Crippen LogP contribution in [0.2, 0.25) is 0 Å². The van der Waals surface area contributed by atoms with E-state index in [9.17, 15) is 14.4 Å². The van der Waals surface area contributed by atoms with Gasteiger partial charge in [0.2, 0.25) is 0 Å². The molecule has 1 fully saturated rings. The number of ether oxygens (including phenoxy) is 1. The first-order chi connectivity index (χ1) is 9.36. The molecule has 0 saturated carbocycles. The van der Waals surface area contributed by atoms with Crippen LogP contribution >= 0.6 is 0 Å². The predicted molar refractivity (Wildman–Crippen MR) is 71.2 cm³/mol. The summed E-state index contributed by atoms with van der Waals surface area (Å²) in [6.07, 6.45) is 1.54. The maximum Gasteiger partial charge on any atom is 0.328 e. The quantitative estimate of drug-likeness (QED) is 0.730. The fraction of sp³-hybridized carbons (Fsp3) is 0.769. The third-order valence-corrected chi connectivity index (χ3v) is 3.29. The smallest absolute Gasteiger partial charge is 0.328 e. The number of nitrogens with zero attached hydrogens (tertiary/aromatic N) is 1. The predicted octanol–water partition coefficient (Wildman–Crippen LogP) is 0.833. The van der Waals surface area contributed by atoms with Gasteiger partial charge in [0, 0.05) is 6.54 Å². The number of amides is 2. The molecule has 2 atom stereocenters. The molecule has 20 heavy (non-hydrogen) atoms. The van der Waals surface area contributed by atoms with Crippen molar-refractivity contribution in [1.82, 2.24) is 10.2 Å². The SMILES string of the molecule is COC(=O)C(CC(C)C)NC(=O)N1CCC[C@@H]1C(=O)O. The molecular weight excluding hydrogens is 264 g/mol. The van der Waals surface area contributed by atoms with Crippen molar-refractivity contribution >= 4 is 18.0 Å². The molecule has 2 N–H and O–H groups in total. The van der Waals surface area contributed by atoms with Crippen LogP contribution in [0.4, 0.5) is 4.79 Å². The van der Waals surface area contributed by atoms with E-state index in [1.165, 1.54) is 12.0 Å². The topological polar surface area (TPSA) is 95.9 Å². The van der Waals surface area contributed by atoms with Crippen molar-refractivity contribution in [2.45, 2.75) is 45.2 Å². The summed E-state index contributed by atoms with van der Waals surface area (Å²) in [4.78, 5) is 36.1. The summed E-state index contributed by atoms with van der Waals surface area (Å²) in [6.45, 7) is 4.24. The van der Waals surface area contributed by atoms with Crippen molar-refractivity contribution in [2.24, 2.45) is 5.92 Å². The Labute approximate surface area is 118 Å². The van der Waals surface area contributed by atoms with Crippen molar-refractivity contribution in [3.63, 3.8) is 0 Å². The number of carbonyl (C=O) groups is 3. The lowest BCUT2D eigenvalue weighted by molar-refractivity contribution is -0.143. The summed E-state index contributed by atoms with van der Waals surface area (Å²) in [5, 5.41) is 11.6. The van der Waals surface area contributed by atoms with Crippen LogP contribution in [0.5, 0.6) is 0 Å². The fourth-order valence-corrected chi connectivity index (χ4v) is 2.33. The number of carboxylic acids is 1. The second kappa shape index (κ2) is 7.12. The van der Waals surface area contributed by atoms with Gasteiger partial charge >= 0.3 is 18.0 Å². The molecule has 0 aliphatic carbocycles. The van der Waals surface area contributed by atoms with Crippen LogP contribution in [-0.2, 0) is 14.3 Å². The van der Waals surface area contributed by atoms with Crippen LogP contribution in [0.25, 0.3) is 0 Å². The Morgan fingerprint density at radius 1 is 1.40 bits per heavy atom. The average molecular weight is 286 g/mol. The Bertz CT molecular complexity index is 383. The van der Waals surface area contributed by atoms with Gasteiger partial charge in [0.05, 0.1) is 7.11 Å². The number of hydrogen-bond donors (Lipinski definition) is 2. The summed E-state index contributed by atoms with van der Waals surface area (Å²) in [6, 6.07) is -2.08. The highest BCUT2D eigenvalue weighted by Gasteiger charge is 2.35. The van der Waals surface area contributed by atoms with Crippen molar-refractivity contribution in [3.05, 3.63) is 0 Å². The largest absolute Gasteiger partial charge is 0.480 e. The Morgan fingerprint density at radius 3 is 2.55 bits per heavy atom. The molecule has 1 aliphatic rings. The Balaban J connectivity index is 2.70. The first kappa shape index (κ1) is 16.3. The van der Waals surface area contributed by atoms with E-state index >= 15 is 0 Å². The van der Waals surface area contributed by atoms with Crippen LogP contribution in [0.1, 0.15) is 33.1 Å². The summed E-state index contributed by atoms with van der Waals surface area (Å²) in [5.41, 5.74) is 0. The molecule has 2 amide bonds. The minimum absolute atomic E-state index is 0.202. The van der Waals surface area contributed by atoms with Crippen molar-refractivity contribution < 1.29 is 24.2 Å². The van der Waals surface area contributed by atoms with Crippen LogP contribution in [0, 0.1) is 5.92 Å². The minimum atomic E-state index is -1.02. The van der Waals surface area contributed by atoms with E-state index in [4.69, 9.17) is 5.11 Å². The molecule has 1 unspecified atom stereocenters. The van der Waals surface area contributed by atoms with E-state index in [0.717, 1.165) is 0 Å². The second-order valence-corrected chi connectivity index (χ2v) is 5.34. The third kappa shape index (κ3) is 4.11. The summed E-state index contributed by atoms with van der Waals surface area (Å²) in [5.74, 6) is -1.33. The molecule has 0 aromatic heterocycles. The lowest BCUT2D eigenvalue weighted by Crippen LogP contribution is -2.51. The molecule has 0 spiro atoms. The van der Waals surface area contributed by atoms with Gasteiger partial charge in [0.25, 0.3) is 0 Å². The van der Waals surface area contributed by atoms with Crippen LogP contribution in [0.15, 0.2) is 0 Å². The summed E-state index contributed by atoms with van der Waals surface area (Å²) in [7, 11) is 1.26. The standard InChI is InChI=1S/C13H22N2O5/c1-8(2)7-9(12(18)20-3)14-13(19)15-6-4-5-10(15)11(16)17/h8-10H,4-7H2,1-3H3,(H,14,19)(H,16,17)/t9?,10-/m1/s1. The minimum Gasteiger partial charge on any atom is -0.480 e. The van der Waals surface area contributed by atoms with E-state index in [1.54, 1.807) is 0 Å². The molecule has 114 valence electrons. The molecular formula is C13H22N2O5. The highest BCUT2D eigenvalue weighted by Crippen LogP contribution is 2.18. The molecule has 1 saturated heterocycles. The van der Waals surface area contributed by atoms with Crippen molar-refractivity contribution in [1.29, 1.82) is 0 Å². The van der Waals surface area contributed by atoms with Gasteiger partial charge in [-0.2, -0.15) is 0 Å². The first-order valence-corrected chi connectivity index (χ1v) is 6.74. The van der Waals surface area contributed by atoms with Crippen LogP contribution in [-0.4, -0.2) is 53.7 Å². The Morgan fingerprint density at radius 2 is 2.05 bits per heavy atom. The van der Waals surface area contributed by atoms with Crippen molar-refractivity contribution in [3.8, 4) is 0 Å². The zero-order valence-corrected chi connectivity index (χ0v) is 12.1. The van der Waals surface area contributed by atoms with Gasteiger partial charge in [-0.15, -0.1) is 0 Å². The number of rotatable bonds is 5. The van der Waals surface area contributed by atoms with Crippen LogP contribution < -0.4 is 5.32 Å². The fourth-order valence-electron chi connectivity index (χ4n) is 2.33. The number of carbonyl (C=O) groups excluding carboxylic acids is 2. The molecule has 1 heterocycles. The summed E-state index contributed by atoms with van der Waals surface area (Å²) < 4.78 is 4.66. The van der Waals surface area contributed by atoms with Gasteiger partial charge in [0.1, 0.15) is 12.1 Å². The highest BCUT2D eigenvalue weighted by molar-refractivity contribution is 5.87. The number of carboxylic acid groups (broad SMARTS) is 1. The average Bonchev–Trinajstić information content (AvgIpc) is 2.85. The molecule has 7 nitrogen and oxygen atoms in total. The number of aliphatic carboxylic acids is 1. The Hall–Kier alpha value is -1.79. The lowest BCUT2D eigenvalue weighted by atomic mass is 10.0. The van der Waals surface area contributed by atoms with Gasteiger partial charge in [-0.3, -0.25) is 0 Å². The number of esters is 1. The molecule has 1 aliphatic heterocycles. The highest BCUT2D eigenvalue weighted by atomic mass is 16.5. The monoisotopic (exact) mass is 286 g/mol. The first-order valence-electron chi connectivity index (χ1n) is 6.74. The number of likely N-dealkylation sites (tertiary alicyclic amines) is 1. The molecule has 0 aromatic rings. The molecule has 7 heteroatoms. The number of methoxy groups -OCH3 is 1. The molecule has 0 aromatic carbocycles. The number of urea groups is 1. The zero-order valence-electron chi connectivity index (χ0n) is 12.1. The molecule has 0 bridgehead atoms. The maximum absolute atomic E-state index is 12.1. The number of nitrogens with one attached hydrogen (secondary N) is 1. The third-order valence-electron chi connectivity index (χ3n) is 3.29. The van der Waals surface area contributed by atoms with Gasteiger partial charge in [-0.1, -0.05) is 13.8 Å². The normalized spacial score (nSPS) is 19.8.